The number of carboxylic acids is 1. The molecule has 0 unspecified atom stereocenters. The maximum atomic E-state index is 12.2. The van der Waals surface area contributed by atoms with Crippen molar-refractivity contribution in [1.29, 1.82) is 0 Å². The minimum Gasteiger partial charge on any atom is -0.493 e. The summed E-state index contributed by atoms with van der Waals surface area (Å²) in [4.78, 5) is 17.8. The number of thioether (sulfide) groups is 1. The first-order valence-electron chi connectivity index (χ1n) is 13.2. The Labute approximate surface area is 240 Å². The molecule has 2 aromatic carbocycles. The van der Waals surface area contributed by atoms with E-state index in [0.717, 1.165) is 38.5 Å². The molecular weight excluding hydrogens is 528 g/mol. The van der Waals surface area contributed by atoms with E-state index in [2.05, 4.69) is 49.4 Å². The van der Waals surface area contributed by atoms with Crippen LogP contribution in [0, 0.1) is 5.41 Å². The van der Waals surface area contributed by atoms with E-state index < -0.39 is 11.4 Å². The molecule has 2 aromatic heterocycles. The van der Waals surface area contributed by atoms with Crippen molar-refractivity contribution >= 4 is 40.2 Å². The standard InChI is InChI=1S/C32H37ClN2O3S/c1-21(26-9-7-8-16-34-26)20-38-24-14-15-27-25(17-24)29(39-31(2,3)4)28(18-32(5,6)30(36)37)35(27)19-22-10-12-23(33)13-11-22/h7-17,21H,18-20H2,1-6H3,(H,36,37)/t21-/m1/s1. The van der Waals surface area contributed by atoms with Crippen molar-refractivity contribution in [3.63, 3.8) is 0 Å². The highest BCUT2D eigenvalue weighted by Gasteiger charge is 2.33. The normalized spacial score (nSPS) is 13.0. The van der Waals surface area contributed by atoms with Crippen LogP contribution < -0.4 is 4.74 Å². The Morgan fingerprint density at radius 1 is 1.08 bits per heavy atom. The SMILES string of the molecule is C[C@H](COc1ccc2c(c1)c(SC(C)(C)C)c(CC(C)(C)C(=O)O)n2Cc1ccc(Cl)cc1)c1ccccn1. The van der Waals surface area contributed by atoms with Crippen LogP contribution in [0.3, 0.4) is 0 Å². The Kier molecular flexibility index (Phi) is 8.67. The Morgan fingerprint density at radius 3 is 2.41 bits per heavy atom. The number of hydrogen-bond acceptors (Lipinski definition) is 4. The highest BCUT2D eigenvalue weighted by Crippen LogP contribution is 2.44. The number of benzene rings is 2. The second-order valence-corrected chi connectivity index (χ2v) is 14.0. The molecule has 4 rings (SSSR count). The molecule has 0 aliphatic heterocycles. The summed E-state index contributed by atoms with van der Waals surface area (Å²) in [5.74, 6) is 0.116. The number of ether oxygens (including phenoxy) is 1. The number of fused-ring (bicyclic) bond motifs is 1. The summed E-state index contributed by atoms with van der Waals surface area (Å²) in [6.07, 6.45) is 2.20. The third-order valence-corrected chi connectivity index (χ3v) is 8.16. The quantitative estimate of drug-likeness (QED) is 0.196. The molecule has 4 aromatic rings. The molecule has 206 valence electrons. The summed E-state index contributed by atoms with van der Waals surface area (Å²) in [6.45, 7) is 13.4. The molecule has 39 heavy (non-hydrogen) atoms. The van der Waals surface area contributed by atoms with E-state index in [1.807, 2.05) is 48.5 Å². The number of nitrogens with zero attached hydrogens (tertiary/aromatic N) is 2. The summed E-state index contributed by atoms with van der Waals surface area (Å²) < 4.78 is 8.45. The van der Waals surface area contributed by atoms with Crippen LogP contribution in [0.25, 0.3) is 10.9 Å². The maximum absolute atomic E-state index is 12.2. The van der Waals surface area contributed by atoms with Crippen molar-refractivity contribution in [2.45, 2.75) is 70.1 Å². The zero-order valence-electron chi connectivity index (χ0n) is 23.5. The summed E-state index contributed by atoms with van der Waals surface area (Å²) in [6, 6.07) is 19.9. The molecule has 0 saturated carbocycles. The van der Waals surface area contributed by atoms with Crippen molar-refractivity contribution < 1.29 is 14.6 Å². The van der Waals surface area contributed by atoms with Crippen LogP contribution in [-0.2, 0) is 17.8 Å². The van der Waals surface area contributed by atoms with Gasteiger partial charge in [-0.05, 0) is 61.9 Å². The highest BCUT2D eigenvalue weighted by atomic mass is 35.5. The summed E-state index contributed by atoms with van der Waals surface area (Å²) in [7, 11) is 0. The topological polar surface area (TPSA) is 64.3 Å². The van der Waals surface area contributed by atoms with Crippen LogP contribution in [0.5, 0.6) is 5.75 Å². The lowest BCUT2D eigenvalue weighted by Gasteiger charge is -2.24. The number of carboxylic acid groups (broad SMARTS) is 1. The summed E-state index contributed by atoms with van der Waals surface area (Å²) in [5, 5.41) is 11.8. The lowest BCUT2D eigenvalue weighted by molar-refractivity contribution is -0.146. The zero-order valence-corrected chi connectivity index (χ0v) is 25.1. The first-order chi connectivity index (χ1) is 18.3. The predicted molar refractivity (Wildman–Crippen MR) is 161 cm³/mol. The van der Waals surface area contributed by atoms with Gasteiger partial charge in [0.05, 0.1) is 12.0 Å². The number of pyridine rings is 1. The molecule has 0 fully saturated rings. The molecule has 7 heteroatoms. The van der Waals surface area contributed by atoms with Crippen LogP contribution in [0.4, 0.5) is 0 Å². The van der Waals surface area contributed by atoms with E-state index in [0.29, 0.717) is 24.6 Å². The fourth-order valence-corrected chi connectivity index (χ4v) is 5.77. The molecular formula is C32H37ClN2O3S. The van der Waals surface area contributed by atoms with Gasteiger partial charge in [0.15, 0.2) is 0 Å². The number of hydrogen-bond donors (Lipinski definition) is 1. The van der Waals surface area contributed by atoms with Gasteiger partial charge >= 0.3 is 5.97 Å². The molecule has 0 aliphatic rings. The van der Waals surface area contributed by atoms with Crippen LogP contribution in [0.1, 0.15) is 64.4 Å². The van der Waals surface area contributed by atoms with E-state index in [1.54, 1.807) is 31.8 Å². The van der Waals surface area contributed by atoms with Crippen molar-refractivity contribution in [3.8, 4) is 5.75 Å². The van der Waals surface area contributed by atoms with E-state index in [-0.39, 0.29) is 10.7 Å². The second-order valence-electron chi connectivity index (χ2n) is 11.7. The molecule has 2 heterocycles. The summed E-state index contributed by atoms with van der Waals surface area (Å²) in [5.41, 5.74) is 3.23. The van der Waals surface area contributed by atoms with Gasteiger partial charge in [-0.1, -0.05) is 57.5 Å². The minimum absolute atomic E-state index is 0.0775. The van der Waals surface area contributed by atoms with Crippen LogP contribution >= 0.6 is 23.4 Å². The lowest BCUT2D eigenvalue weighted by atomic mass is 9.88. The highest BCUT2D eigenvalue weighted by molar-refractivity contribution is 8.00. The largest absolute Gasteiger partial charge is 0.493 e. The van der Waals surface area contributed by atoms with Gasteiger partial charge in [0, 0.05) is 62.0 Å². The number of rotatable bonds is 10. The Bertz CT molecular complexity index is 1440. The monoisotopic (exact) mass is 564 g/mol. The Morgan fingerprint density at radius 2 is 1.79 bits per heavy atom. The average Bonchev–Trinajstić information content (AvgIpc) is 3.14. The van der Waals surface area contributed by atoms with Crippen molar-refractivity contribution in [2.75, 3.05) is 6.61 Å². The number of halogens is 1. The van der Waals surface area contributed by atoms with E-state index in [1.165, 1.54) is 0 Å². The van der Waals surface area contributed by atoms with Crippen LogP contribution in [0.2, 0.25) is 5.02 Å². The van der Waals surface area contributed by atoms with Crippen LogP contribution in [-0.4, -0.2) is 32.0 Å². The van der Waals surface area contributed by atoms with Gasteiger partial charge in [-0.25, -0.2) is 0 Å². The first-order valence-corrected chi connectivity index (χ1v) is 14.4. The van der Waals surface area contributed by atoms with Gasteiger partial charge in [-0.15, -0.1) is 11.8 Å². The Balaban J connectivity index is 1.81. The molecule has 0 bridgehead atoms. The molecule has 0 amide bonds. The minimum atomic E-state index is -0.934. The average molecular weight is 565 g/mol. The maximum Gasteiger partial charge on any atom is 0.309 e. The Hall–Kier alpha value is -2.96. The fraction of sp³-hybridized carbons (Fsp3) is 0.375. The van der Waals surface area contributed by atoms with Crippen molar-refractivity contribution in [2.24, 2.45) is 5.41 Å². The van der Waals surface area contributed by atoms with Gasteiger partial charge in [0.2, 0.25) is 0 Å². The second kappa shape index (κ2) is 11.6. The van der Waals surface area contributed by atoms with E-state index in [4.69, 9.17) is 16.3 Å². The van der Waals surface area contributed by atoms with Crippen LogP contribution in [0.15, 0.2) is 71.8 Å². The third kappa shape index (κ3) is 7.17. The first kappa shape index (κ1) is 29.0. The molecule has 5 nitrogen and oxygen atoms in total. The fourth-order valence-electron chi connectivity index (χ4n) is 4.46. The van der Waals surface area contributed by atoms with Gasteiger partial charge in [0.25, 0.3) is 0 Å². The van der Waals surface area contributed by atoms with Crippen molar-refractivity contribution in [3.05, 3.63) is 88.8 Å². The summed E-state index contributed by atoms with van der Waals surface area (Å²) >= 11 is 7.93. The molecule has 0 aliphatic carbocycles. The molecule has 1 atom stereocenters. The predicted octanol–water partition coefficient (Wildman–Crippen LogP) is 8.46. The van der Waals surface area contributed by atoms with Gasteiger partial charge in [-0.2, -0.15) is 0 Å². The third-order valence-electron chi connectivity index (χ3n) is 6.63. The number of carbonyl (C=O) groups is 1. The van der Waals surface area contributed by atoms with E-state index >= 15 is 0 Å². The zero-order chi connectivity index (χ0) is 28.4. The smallest absolute Gasteiger partial charge is 0.309 e. The van der Waals surface area contributed by atoms with Gasteiger partial charge in [0.1, 0.15) is 5.75 Å². The van der Waals surface area contributed by atoms with Gasteiger partial charge < -0.3 is 14.4 Å². The molecule has 0 saturated heterocycles. The molecule has 1 N–H and O–H groups in total. The lowest BCUT2D eigenvalue weighted by Crippen LogP contribution is -2.28. The number of aliphatic carboxylic acids is 1. The molecule has 0 spiro atoms. The van der Waals surface area contributed by atoms with Crippen molar-refractivity contribution in [1.82, 2.24) is 9.55 Å². The molecule has 0 radical (unpaired) electrons. The number of aromatic nitrogens is 2. The van der Waals surface area contributed by atoms with Gasteiger partial charge in [-0.3, -0.25) is 9.78 Å². The van der Waals surface area contributed by atoms with E-state index in [9.17, 15) is 9.90 Å².